The van der Waals surface area contributed by atoms with E-state index < -0.39 is 6.17 Å². The first-order valence-electron chi connectivity index (χ1n) is 9.32. The van der Waals surface area contributed by atoms with Crippen LogP contribution >= 0.6 is 11.6 Å². The molecule has 29 heavy (non-hydrogen) atoms. The molecule has 156 valence electrons. The van der Waals surface area contributed by atoms with Crippen molar-refractivity contribution in [2.24, 2.45) is 0 Å². The number of carbonyl (C=O) groups excluding carboxylic acids is 2. The van der Waals surface area contributed by atoms with E-state index in [9.17, 15) is 14.0 Å². The average Bonchev–Trinajstić information content (AvgIpc) is 3.30. The van der Waals surface area contributed by atoms with E-state index in [1.165, 1.54) is 15.8 Å². The quantitative estimate of drug-likeness (QED) is 0.650. The first-order chi connectivity index (χ1) is 14.0. The van der Waals surface area contributed by atoms with Gasteiger partial charge in [0.25, 0.3) is 5.91 Å². The van der Waals surface area contributed by atoms with Crippen LogP contribution < -0.4 is 5.32 Å². The largest absolute Gasteiger partial charge is 0.383 e. The molecule has 1 aliphatic rings. The molecule has 10 heteroatoms. The van der Waals surface area contributed by atoms with Gasteiger partial charge in [-0.25, -0.2) is 9.07 Å². The molecule has 1 aromatic carbocycles. The summed E-state index contributed by atoms with van der Waals surface area (Å²) in [7, 11) is 1.54. The number of nitrogens with zero attached hydrogens (tertiary/aromatic N) is 4. The molecular weight excluding hydrogens is 401 g/mol. The molecule has 3 rings (SSSR count). The molecule has 2 atom stereocenters. The maximum absolute atomic E-state index is 14.1. The van der Waals surface area contributed by atoms with Gasteiger partial charge < -0.3 is 15.0 Å². The molecule has 0 saturated carbocycles. The lowest BCUT2D eigenvalue weighted by Gasteiger charge is -2.24. The number of rotatable bonds is 8. The summed E-state index contributed by atoms with van der Waals surface area (Å²) in [5.74, 6) is -0.560. The van der Waals surface area contributed by atoms with Crippen molar-refractivity contribution < 1.29 is 18.7 Å². The van der Waals surface area contributed by atoms with Crippen LogP contribution in [0.2, 0.25) is 5.02 Å². The topological polar surface area (TPSA) is 89.4 Å². The molecule has 8 nitrogen and oxygen atoms in total. The molecular formula is C19H23ClFN5O3. The molecule has 1 fully saturated rings. The van der Waals surface area contributed by atoms with Crippen LogP contribution in [0.3, 0.4) is 0 Å². The first kappa shape index (κ1) is 21.2. The van der Waals surface area contributed by atoms with Gasteiger partial charge in [-0.1, -0.05) is 35.0 Å². The fourth-order valence-corrected chi connectivity index (χ4v) is 3.51. The Bertz CT molecular complexity index is 862. The van der Waals surface area contributed by atoms with Gasteiger partial charge in [-0.15, -0.1) is 5.10 Å². The smallest absolute Gasteiger partial charge is 0.273 e. The fourth-order valence-electron chi connectivity index (χ4n) is 3.31. The summed E-state index contributed by atoms with van der Waals surface area (Å²) in [6.07, 6.45) is 0.705. The number of carbonyl (C=O) groups is 2. The van der Waals surface area contributed by atoms with Crippen molar-refractivity contribution in [1.82, 2.24) is 25.2 Å². The van der Waals surface area contributed by atoms with E-state index in [1.807, 2.05) is 6.07 Å². The molecule has 0 bridgehead atoms. The minimum atomic E-state index is -1.10. The van der Waals surface area contributed by atoms with Crippen LogP contribution in [0, 0.1) is 0 Å². The Hall–Kier alpha value is -2.52. The number of likely N-dealkylation sites (tertiary alicyclic amines) is 1. The lowest BCUT2D eigenvalue weighted by Crippen LogP contribution is -2.39. The summed E-state index contributed by atoms with van der Waals surface area (Å²) in [6, 6.07) is 6.73. The third-order valence-electron chi connectivity index (χ3n) is 4.74. The molecule has 0 spiro atoms. The Kier molecular flexibility index (Phi) is 7.16. The minimum absolute atomic E-state index is 0.0347. The number of methoxy groups -OCH3 is 1. The van der Waals surface area contributed by atoms with Gasteiger partial charge in [0, 0.05) is 25.1 Å². The van der Waals surface area contributed by atoms with E-state index in [0.29, 0.717) is 23.7 Å². The minimum Gasteiger partial charge on any atom is -0.383 e. The maximum atomic E-state index is 14.1. The van der Waals surface area contributed by atoms with Gasteiger partial charge in [0.2, 0.25) is 5.91 Å². The molecule has 2 heterocycles. The molecule has 2 amide bonds. The number of benzene rings is 1. The van der Waals surface area contributed by atoms with Crippen LogP contribution in [0.5, 0.6) is 0 Å². The van der Waals surface area contributed by atoms with Gasteiger partial charge in [0.05, 0.1) is 38.4 Å². The number of aromatic nitrogens is 3. The van der Waals surface area contributed by atoms with Crippen molar-refractivity contribution in [2.75, 3.05) is 26.8 Å². The van der Waals surface area contributed by atoms with E-state index in [-0.39, 0.29) is 49.5 Å². The number of amides is 2. The zero-order valence-corrected chi connectivity index (χ0v) is 16.8. The van der Waals surface area contributed by atoms with E-state index in [2.05, 4.69) is 15.6 Å². The number of ether oxygens (including phenoxy) is 1. The van der Waals surface area contributed by atoms with Crippen molar-refractivity contribution in [1.29, 1.82) is 0 Å². The van der Waals surface area contributed by atoms with Crippen molar-refractivity contribution >= 4 is 23.4 Å². The Balaban J connectivity index is 1.63. The van der Waals surface area contributed by atoms with Crippen LogP contribution in [-0.2, 0) is 22.5 Å². The Morgan fingerprint density at radius 2 is 2.17 bits per heavy atom. The van der Waals surface area contributed by atoms with E-state index in [4.69, 9.17) is 16.3 Å². The predicted molar refractivity (Wildman–Crippen MR) is 104 cm³/mol. The van der Waals surface area contributed by atoms with E-state index in [0.717, 1.165) is 0 Å². The number of alkyl halides is 1. The highest BCUT2D eigenvalue weighted by molar-refractivity contribution is 6.31. The number of hydrogen-bond acceptors (Lipinski definition) is 5. The molecule has 0 unspecified atom stereocenters. The van der Waals surface area contributed by atoms with Crippen LogP contribution in [-0.4, -0.2) is 70.7 Å². The molecule has 1 saturated heterocycles. The maximum Gasteiger partial charge on any atom is 0.273 e. The van der Waals surface area contributed by atoms with Crippen molar-refractivity contribution in [3.05, 3.63) is 46.7 Å². The van der Waals surface area contributed by atoms with Crippen LogP contribution in [0.25, 0.3) is 0 Å². The van der Waals surface area contributed by atoms with E-state index in [1.54, 1.807) is 25.3 Å². The zero-order valence-electron chi connectivity index (χ0n) is 16.1. The molecule has 0 radical (unpaired) electrons. The first-order valence-corrected chi connectivity index (χ1v) is 9.70. The fraction of sp³-hybridized carbons (Fsp3) is 0.474. The van der Waals surface area contributed by atoms with Crippen LogP contribution in [0.15, 0.2) is 30.5 Å². The van der Waals surface area contributed by atoms with Crippen LogP contribution in [0.4, 0.5) is 4.39 Å². The predicted octanol–water partition coefficient (Wildman–Crippen LogP) is 1.49. The lowest BCUT2D eigenvalue weighted by molar-refractivity contribution is -0.131. The Morgan fingerprint density at radius 1 is 1.38 bits per heavy atom. The second-order valence-electron chi connectivity index (χ2n) is 6.88. The number of halogens is 2. The number of hydrogen-bond donors (Lipinski definition) is 1. The summed E-state index contributed by atoms with van der Waals surface area (Å²) >= 11 is 6.13. The standard InChI is InChI=1S/C19H23ClFN5O3/c1-29-7-6-22-19(28)17-12-25(24-23-17)11-15-9-14(21)10-26(15)18(27)8-13-4-2-3-5-16(13)20/h2-5,12,14-15H,6-11H2,1H3,(H,22,28)/t14-,15-/m0/s1. The number of nitrogens with one attached hydrogen (secondary N) is 1. The summed E-state index contributed by atoms with van der Waals surface area (Å²) in [6.45, 7) is 1.04. The molecule has 1 N–H and O–H groups in total. The van der Waals surface area contributed by atoms with Gasteiger partial charge in [-0.05, 0) is 11.6 Å². The molecule has 2 aromatic rings. The summed E-state index contributed by atoms with van der Waals surface area (Å²) in [5.41, 5.74) is 0.862. The van der Waals surface area contributed by atoms with Gasteiger partial charge >= 0.3 is 0 Å². The highest BCUT2D eigenvalue weighted by atomic mass is 35.5. The van der Waals surface area contributed by atoms with Crippen LogP contribution in [0.1, 0.15) is 22.5 Å². The lowest BCUT2D eigenvalue weighted by atomic mass is 10.1. The third kappa shape index (κ3) is 5.51. The van der Waals surface area contributed by atoms with Gasteiger partial charge in [-0.3, -0.25) is 9.59 Å². The molecule has 0 aliphatic carbocycles. The van der Waals surface area contributed by atoms with Crippen molar-refractivity contribution in [3.8, 4) is 0 Å². The average molecular weight is 424 g/mol. The Labute approximate surface area is 173 Å². The molecule has 1 aromatic heterocycles. The van der Waals surface area contributed by atoms with Gasteiger partial charge in [-0.2, -0.15) is 0 Å². The third-order valence-corrected chi connectivity index (χ3v) is 5.11. The zero-order chi connectivity index (χ0) is 20.8. The van der Waals surface area contributed by atoms with E-state index >= 15 is 0 Å². The summed E-state index contributed by atoms with van der Waals surface area (Å²) < 4.78 is 20.4. The summed E-state index contributed by atoms with van der Waals surface area (Å²) in [4.78, 5) is 26.3. The highest BCUT2D eigenvalue weighted by Gasteiger charge is 2.35. The monoisotopic (exact) mass is 423 g/mol. The Morgan fingerprint density at radius 3 is 2.93 bits per heavy atom. The normalized spacial score (nSPS) is 18.8. The SMILES string of the molecule is COCCNC(=O)c1cn(C[C@@H]2C[C@H](F)CN2C(=O)Cc2ccccc2Cl)nn1. The van der Waals surface area contributed by atoms with Crippen molar-refractivity contribution in [2.45, 2.75) is 31.6 Å². The summed E-state index contributed by atoms with van der Waals surface area (Å²) in [5, 5.41) is 11.0. The van der Waals surface area contributed by atoms with Gasteiger partial charge in [0.15, 0.2) is 5.69 Å². The second kappa shape index (κ2) is 9.80. The molecule has 1 aliphatic heterocycles. The second-order valence-corrected chi connectivity index (χ2v) is 7.28. The van der Waals surface area contributed by atoms with Gasteiger partial charge in [0.1, 0.15) is 6.17 Å². The highest BCUT2D eigenvalue weighted by Crippen LogP contribution is 2.24. The van der Waals surface area contributed by atoms with Crippen molar-refractivity contribution in [3.63, 3.8) is 0 Å².